The summed E-state index contributed by atoms with van der Waals surface area (Å²) < 4.78 is 11.9. The van der Waals surface area contributed by atoms with Crippen LogP contribution < -0.4 is 10.1 Å². The number of rotatable bonds is 8. The summed E-state index contributed by atoms with van der Waals surface area (Å²) in [5.41, 5.74) is 3.22. The fourth-order valence-corrected chi connectivity index (χ4v) is 4.63. The molecule has 0 aliphatic carbocycles. The van der Waals surface area contributed by atoms with E-state index in [9.17, 15) is 9.59 Å². The fraction of sp³-hybridized carbons (Fsp3) is 0.462. The lowest BCUT2D eigenvalue weighted by Gasteiger charge is -2.23. The van der Waals surface area contributed by atoms with Gasteiger partial charge in [-0.05, 0) is 37.5 Å². The van der Waals surface area contributed by atoms with E-state index < -0.39 is 0 Å². The number of Topliss-reactive ketones (excluding diaryl/α,β-unsaturated/α-hetero) is 2. The van der Waals surface area contributed by atoms with E-state index in [2.05, 4.69) is 17.4 Å². The Morgan fingerprint density at radius 2 is 1.94 bits per heavy atom. The summed E-state index contributed by atoms with van der Waals surface area (Å²) >= 11 is 0. The van der Waals surface area contributed by atoms with Gasteiger partial charge in [0.1, 0.15) is 11.9 Å². The van der Waals surface area contributed by atoms with Crippen LogP contribution in [0.15, 0.2) is 42.5 Å². The van der Waals surface area contributed by atoms with Crippen LogP contribution in [0.3, 0.4) is 0 Å². The molecular formula is C26H31NO4. The van der Waals surface area contributed by atoms with E-state index in [4.69, 9.17) is 9.47 Å². The maximum Gasteiger partial charge on any atom is 0.166 e. The van der Waals surface area contributed by atoms with Gasteiger partial charge in [-0.25, -0.2) is 0 Å². The highest BCUT2D eigenvalue weighted by molar-refractivity contribution is 6.04. The molecule has 3 atom stereocenters. The Morgan fingerprint density at radius 1 is 1.13 bits per heavy atom. The predicted octanol–water partition coefficient (Wildman–Crippen LogP) is 4.53. The van der Waals surface area contributed by atoms with Crippen molar-refractivity contribution in [2.75, 3.05) is 19.7 Å². The van der Waals surface area contributed by atoms with Gasteiger partial charge in [-0.1, -0.05) is 37.3 Å². The first-order valence-electron chi connectivity index (χ1n) is 11.4. The van der Waals surface area contributed by atoms with Crippen LogP contribution in [-0.2, 0) is 4.74 Å². The molecule has 0 bridgehead atoms. The normalized spacial score (nSPS) is 22.6. The predicted molar refractivity (Wildman–Crippen MR) is 120 cm³/mol. The highest BCUT2D eigenvalue weighted by Crippen LogP contribution is 2.45. The molecule has 0 radical (unpaired) electrons. The van der Waals surface area contributed by atoms with Gasteiger partial charge < -0.3 is 14.8 Å². The molecule has 5 heteroatoms. The fourth-order valence-electron chi connectivity index (χ4n) is 4.63. The molecule has 2 aromatic rings. The Labute approximate surface area is 184 Å². The number of carbonyl (C=O) groups is 2. The molecular weight excluding hydrogens is 390 g/mol. The highest BCUT2D eigenvalue weighted by Gasteiger charge is 2.36. The summed E-state index contributed by atoms with van der Waals surface area (Å²) in [7, 11) is 0. The van der Waals surface area contributed by atoms with E-state index in [0.717, 1.165) is 43.7 Å². The monoisotopic (exact) mass is 421 g/mol. The van der Waals surface area contributed by atoms with E-state index in [1.54, 1.807) is 6.07 Å². The molecule has 2 aromatic carbocycles. The van der Waals surface area contributed by atoms with Gasteiger partial charge in [-0.2, -0.15) is 0 Å². The van der Waals surface area contributed by atoms with Crippen LogP contribution in [-0.4, -0.2) is 43.5 Å². The zero-order valence-electron chi connectivity index (χ0n) is 18.4. The molecule has 0 aromatic heterocycles. The molecule has 4 rings (SSSR count). The quantitative estimate of drug-likeness (QED) is 0.634. The van der Waals surface area contributed by atoms with Crippen molar-refractivity contribution in [3.63, 3.8) is 0 Å². The minimum atomic E-state index is -0.0953. The number of carbonyl (C=O) groups excluding carboxylic acids is 2. The summed E-state index contributed by atoms with van der Waals surface area (Å²) in [6.07, 6.45) is 2.54. The summed E-state index contributed by atoms with van der Waals surface area (Å²) in [5, 5.41) is 3.32. The van der Waals surface area contributed by atoms with Crippen molar-refractivity contribution >= 4 is 11.6 Å². The van der Waals surface area contributed by atoms with E-state index in [1.165, 1.54) is 0 Å². The number of morpholine rings is 1. The first-order valence-corrected chi connectivity index (χ1v) is 11.4. The van der Waals surface area contributed by atoms with Crippen molar-refractivity contribution in [2.24, 2.45) is 0 Å². The summed E-state index contributed by atoms with van der Waals surface area (Å²) in [4.78, 5) is 25.8. The third kappa shape index (κ3) is 4.73. The molecule has 0 spiro atoms. The largest absolute Gasteiger partial charge is 0.489 e. The molecule has 31 heavy (non-hydrogen) atoms. The van der Waals surface area contributed by atoms with Gasteiger partial charge in [-0.15, -0.1) is 0 Å². The number of ether oxygens (including phenoxy) is 2. The van der Waals surface area contributed by atoms with Gasteiger partial charge in [0.25, 0.3) is 0 Å². The average Bonchev–Trinajstić information content (AvgIpc) is 3.14. The number of benzene rings is 2. The van der Waals surface area contributed by atoms with Crippen molar-refractivity contribution in [2.45, 2.75) is 57.7 Å². The van der Waals surface area contributed by atoms with E-state index >= 15 is 0 Å². The topological polar surface area (TPSA) is 64.6 Å². The zero-order chi connectivity index (χ0) is 21.8. The van der Waals surface area contributed by atoms with Gasteiger partial charge in [0.05, 0.1) is 18.3 Å². The van der Waals surface area contributed by atoms with Crippen LogP contribution >= 0.6 is 0 Å². The third-order valence-electron chi connectivity index (χ3n) is 6.26. The van der Waals surface area contributed by atoms with Crippen molar-refractivity contribution in [1.29, 1.82) is 0 Å². The standard InChI is InChI=1S/C26H31NO4/c1-3-23(28)21-14-19(24(29)11-7-10-20-16-27-12-13-30-20)15-22-25(17(2)31-26(21)22)18-8-5-4-6-9-18/h4-6,8-9,14-15,17,20,25,27H,3,7,10-13,16H2,1-2H3/t17-,20?,25+/m1/s1. The second-order valence-corrected chi connectivity index (χ2v) is 8.44. The first kappa shape index (κ1) is 21.7. The second-order valence-electron chi connectivity index (χ2n) is 8.44. The smallest absolute Gasteiger partial charge is 0.166 e. The molecule has 2 aliphatic rings. The van der Waals surface area contributed by atoms with Crippen LogP contribution in [0.25, 0.3) is 0 Å². The van der Waals surface area contributed by atoms with E-state index in [-0.39, 0.29) is 29.7 Å². The van der Waals surface area contributed by atoms with Gasteiger partial charge in [0.15, 0.2) is 11.6 Å². The van der Waals surface area contributed by atoms with Crippen molar-refractivity contribution < 1.29 is 19.1 Å². The Morgan fingerprint density at radius 3 is 2.65 bits per heavy atom. The van der Waals surface area contributed by atoms with Crippen molar-refractivity contribution in [3.8, 4) is 5.75 Å². The third-order valence-corrected chi connectivity index (χ3v) is 6.26. The van der Waals surface area contributed by atoms with Crippen LogP contribution in [0.5, 0.6) is 5.75 Å². The minimum Gasteiger partial charge on any atom is -0.489 e. The molecule has 1 saturated heterocycles. The maximum atomic E-state index is 13.1. The molecule has 2 aliphatic heterocycles. The second kappa shape index (κ2) is 9.75. The lowest BCUT2D eigenvalue weighted by atomic mass is 9.85. The number of hydrogen-bond donors (Lipinski definition) is 1. The summed E-state index contributed by atoms with van der Waals surface area (Å²) in [5.74, 6) is 0.733. The molecule has 0 saturated carbocycles. The highest BCUT2D eigenvalue weighted by atomic mass is 16.5. The summed E-state index contributed by atoms with van der Waals surface area (Å²) in [6, 6.07) is 13.9. The zero-order valence-corrected chi connectivity index (χ0v) is 18.4. The van der Waals surface area contributed by atoms with E-state index in [1.807, 2.05) is 38.1 Å². The van der Waals surface area contributed by atoms with Crippen LogP contribution in [0.4, 0.5) is 0 Å². The molecule has 5 nitrogen and oxygen atoms in total. The Bertz CT molecular complexity index is 934. The molecule has 164 valence electrons. The molecule has 1 N–H and O–H groups in total. The first-order chi connectivity index (χ1) is 15.1. The molecule has 1 unspecified atom stereocenters. The molecule has 2 heterocycles. The van der Waals surface area contributed by atoms with Crippen molar-refractivity contribution in [3.05, 3.63) is 64.7 Å². The minimum absolute atomic E-state index is 0.00786. The number of hydrogen-bond acceptors (Lipinski definition) is 5. The number of nitrogens with one attached hydrogen (secondary N) is 1. The van der Waals surface area contributed by atoms with Gasteiger partial charge in [0, 0.05) is 43.0 Å². The van der Waals surface area contributed by atoms with E-state index in [0.29, 0.717) is 29.7 Å². The summed E-state index contributed by atoms with van der Waals surface area (Å²) in [6.45, 7) is 6.33. The van der Waals surface area contributed by atoms with Crippen LogP contribution in [0, 0.1) is 0 Å². The van der Waals surface area contributed by atoms with Gasteiger partial charge in [-0.3, -0.25) is 9.59 Å². The molecule has 1 fully saturated rings. The average molecular weight is 422 g/mol. The SMILES string of the molecule is CCC(=O)c1cc(C(=O)CCCC2CNCCO2)cc2c1O[C@H](C)[C@H]2c1ccccc1. The lowest BCUT2D eigenvalue weighted by Crippen LogP contribution is -2.38. The molecule has 0 amide bonds. The Balaban J connectivity index is 1.59. The van der Waals surface area contributed by atoms with Gasteiger partial charge >= 0.3 is 0 Å². The van der Waals surface area contributed by atoms with Crippen molar-refractivity contribution in [1.82, 2.24) is 5.32 Å². The van der Waals surface area contributed by atoms with Crippen LogP contribution in [0.2, 0.25) is 0 Å². The number of ketones is 2. The lowest BCUT2D eigenvalue weighted by molar-refractivity contribution is 0.0222. The van der Waals surface area contributed by atoms with Gasteiger partial charge in [0.2, 0.25) is 0 Å². The Kier molecular flexibility index (Phi) is 6.83. The van der Waals surface area contributed by atoms with Crippen LogP contribution in [0.1, 0.15) is 77.3 Å². The Hall–Kier alpha value is -2.50. The number of fused-ring (bicyclic) bond motifs is 1. The maximum absolute atomic E-state index is 13.1.